The zero-order chi connectivity index (χ0) is 12.7. The number of ketones is 1. The number of hydrogen-bond acceptors (Lipinski definition) is 3. The van der Waals surface area contributed by atoms with Gasteiger partial charge in [-0.1, -0.05) is 0 Å². The summed E-state index contributed by atoms with van der Waals surface area (Å²) in [6.45, 7) is 0.557. The minimum absolute atomic E-state index is 0.211. The Morgan fingerprint density at radius 2 is 2.17 bits per heavy atom. The summed E-state index contributed by atoms with van der Waals surface area (Å²) in [5.41, 5.74) is 1.18. The van der Waals surface area contributed by atoms with Crippen LogP contribution in [-0.4, -0.2) is 21.4 Å². The van der Waals surface area contributed by atoms with Crippen molar-refractivity contribution in [1.29, 1.82) is 0 Å². The van der Waals surface area contributed by atoms with Gasteiger partial charge in [-0.15, -0.1) is 0 Å². The zero-order valence-corrected chi connectivity index (χ0v) is 9.50. The molecule has 5 nitrogen and oxygen atoms in total. The maximum Gasteiger partial charge on any atom is 0.312 e. The SMILES string of the molecule is O=C(c1ccco1)c1ccc2n1CCC2C(=O)O. The molecule has 1 aliphatic heterocycles. The number of furan rings is 1. The smallest absolute Gasteiger partial charge is 0.312 e. The van der Waals surface area contributed by atoms with Crippen molar-refractivity contribution >= 4 is 11.8 Å². The summed E-state index contributed by atoms with van der Waals surface area (Å²) in [6.07, 6.45) is 1.98. The molecule has 18 heavy (non-hydrogen) atoms. The Bertz CT molecular complexity index is 609. The molecule has 0 aromatic carbocycles. The number of hydrogen-bond donors (Lipinski definition) is 1. The second-order valence-corrected chi connectivity index (χ2v) is 4.28. The molecule has 1 aliphatic rings. The number of carbonyl (C=O) groups excluding carboxylic acids is 1. The summed E-state index contributed by atoms with van der Waals surface area (Å²) < 4.78 is 6.84. The molecule has 3 heterocycles. The molecule has 0 amide bonds. The van der Waals surface area contributed by atoms with Crippen molar-refractivity contribution in [2.75, 3.05) is 0 Å². The summed E-state index contributed by atoms with van der Waals surface area (Å²) >= 11 is 0. The van der Waals surface area contributed by atoms with E-state index in [9.17, 15) is 9.59 Å². The average molecular weight is 245 g/mol. The predicted molar refractivity (Wildman–Crippen MR) is 61.6 cm³/mol. The van der Waals surface area contributed by atoms with Gasteiger partial charge in [-0.2, -0.15) is 0 Å². The summed E-state index contributed by atoms with van der Waals surface area (Å²) in [7, 11) is 0. The maximum absolute atomic E-state index is 12.1. The zero-order valence-electron chi connectivity index (χ0n) is 9.50. The highest BCUT2D eigenvalue weighted by Gasteiger charge is 2.32. The van der Waals surface area contributed by atoms with Crippen LogP contribution in [0.15, 0.2) is 34.9 Å². The van der Waals surface area contributed by atoms with E-state index in [-0.39, 0.29) is 11.5 Å². The van der Waals surface area contributed by atoms with Crippen molar-refractivity contribution in [2.24, 2.45) is 0 Å². The molecule has 2 aromatic heterocycles. The highest BCUT2D eigenvalue weighted by molar-refractivity contribution is 6.06. The minimum atomic E-state index is -0.844. The molecule has 0 fully saturated rings. The van der Waals surface area contributed by atoms with Crippen LogP contribution in [0.3, 0.4) is 0 Å². The van der Waals surface area contributed by atoms with Gasteiger partial charge in [0.1, 0.15) is 0 Å². The summed E-state index contributed by atoms with van der Waals surface area (Å²) in [5, 5.41) is 9.08. The van der Waals surface area contributed by atoms with Crippen LogP contribution in [-0.2, 0) is 11.3 Å². The van der Waals surface area contributed by atoms with Gasteiger partial charge in [0, 0.05) is 12.2 Å². The fourth-order valence-electron chi connectivity index (χ4n) is 2.43. The lowest BCUT2D eigenvalue weighted by Crippen LogP contribution is -2.09. The van der Waals surface area contributed by atoms with Crippen molar-refractivity contribution < 1.29 is 19.1 Å². The summed E-state index contributed by atoms with van der Waals surface area (Å²) in [4.78, 5) is 23.2. The highest BCUT2D eigenvalue weighted by atomic mass is 16.4. The lowest BCUT2D eigenvalue weighted by molar-refractivity contribution is -0.138. The van der Waals surface area contributed by atoms with Crippen molar-refractivity contribution in [3.63, 3.8) is 0 Å². The minimum Gasteiger partial charge on any atom is -0.481 e. The van der Waals surface area contributed by atoms with E-state index in [0.29, 0.717) is 24.4 Å². The third-order valence-electron chi connectivity index (χ3n) is 3.29. The van der Waals surface area contributed by atoms with Gasteiger partial charge in [0.15, 0.2) is 5.76 Å². The van der Waals surface area contributed by atoms with Crippen LogP contribution >= 0.6 is 0 Å². The molecule has 92 valence electrons. The topological polar surface area (TPSA) is 72.4 Å². The quantitative estimate of drug-likeness (QED) is 0.838. The molecule has 0 bridgehead atoms. The Kier molecular flexibility index (Phi) is 2.33. The van der Waals surface area contributed by atoms with E-state index in [4.69, 9.17) is 9.52 Å². The van der Waals surface area contributed by atoms with E-state index >= 15 is 0 Å². The third-order valence-corrected chi connectivity index (χ3v) is 3.29. The summed E-state index contributed by atoms with van der Waals surface area (Å²) in [6, 6.07) is 6.63. The second kappa shape index (κ2) is 3.87. The summed E-state index contributed by atoms with van der Waals surface area (Å²) in [5.74, 6) is -1.29. The standard InChI is InChI=1S/C13H11NO4/c15-12(11-2-1-7-18-11)10-4-3-9-8(13(16)17)5-6-14(9)10/h1-4,7-8H,5-6H2,(H,16,17). The molecule has 1 atom stereocenters. The number of aromatic nitrogens is 1. The number of nitrogens with zero attached hydrogens (tertiary/aromatic N) is 1. The first-order valence-corrected chi connectivity index (χ1v) is 5.69. The molecule has 5 heteroatoms. The van der Waals surface area contributed by atoms with Gasteiger partial charge in [0.2, 0.25) is 5.78 Å². The Hall–Kier alpha value is -2.30. The van der Waals surface area contributed by atoms with E-state index in [1.165, 1.54) is 6.26 Å². The first-order chi connectivity index (χ1) is 8.68. The van der Waals surface area contributed by atoms with Gasteiger partial charge < -0.3 is 14.1 Å². The van der Waals surface area contributed by atoms with E-state index < -0.39 is 11.9 Å². The van der Waals surface area contributed by atoms with Crippen molar-refractivity contribution in [3.8, 4) is 0 Å². The molecule has 0 spiro atoms. The van der Waals surface area contributed by atoms with Crippen LogP contribution in [0.2, 0.25) is 0 Å². The van der Waals surface area contributed by atoms with E-state index in [2.05, 4.69) is 0 Å². The molecule has 0 saturated heterocycles. The van der Waals surface area contributed by atoms with Gasteiger partial charge in [0.25, 0.3) is 0 Å². The molecule has 0 radical (unpaired) electrons. The molecule has 1 unspecified atom stereocenters. The molecule has 2 aromatic rings. The molecule has 1 N–H and O–H groups in total. The normalized spacial score (nSPS) is 17.7. The monoisotopic (exact) mass is 245 g/mol. The van der Waals surface area contributed by atoms with Crippen LogP contribution in [0.5, 0.6) is 0 Å². The fourth-order valence-corrected chi connectivity index (χ4v) is 2.43. The van der Waals surface area contributed by atoms with Crippen LogP contribution in [0.1, 0.15) is 34.3 Å². The number of fused-ring (bicyclic) bond motifs is 1. The van der Waals surface area contributed by atoms with Crippen molar-refractivity contribution in [3.05, 3.63) is 47.7 Å². The fraction of sp³-hybridized carbons (Fsp3) is 0.231. The van der Waals surface area contributed by atoms with Gasteiger partial charge >= 0.3 is 5.97 Å². The van der Waals surface area contributed by atoms with Crippen LogP contribution in [0.25, 0.3) is 0 Å². The van der Waals surface area contributed by atoms with E-state index in [1.807, 2.05) is 0 Å². The highest BCUT2D eigenvalue weighted by Crippen LogP contribution is 2.31. The van der Waals surface area contributed by atoms with Gasteiger partial charge in [-0.3, -0.25) is 9.59 Å². The van der Waals surface area contributed by atoms with E-state index in [1.54, 1.807) is 28.8 Å². The predicted octanol–water partition coefficient (Wildman–Crippen LogP) is 1.88. The first kappa shape index (κ1) is 10.8. The van der Waals surface area contributed by atoms with Crippen LogP contribution < -0.4 is 0 Å². The Morgan fingerprint density at radius 3 is 2.83 bits per heavy atom. The van der Waals surface area contributed by atoms with Crippen molar-refractivity contribution in [1.82, 2.24) is 4.57 Å². The molecule has 0 saturated carbocycles. The van der Waals surface area contributed by atoms with Crippen LogP contribution in [0.4, 0.5) is 0 Å². The Morgan fingerprint density at radius 1 is 1.33 bits per heavy atom. The first-order valence-electron chi connectivity index (χ1n) is 5.69. The number of carboxylic acids is 1. The van der Waals surface area contributed by atoms with Gasteiger partial charge in [0.05, 0.1) is 17.9 Å². The number of aliphatic carboxylic acids is 1. The molecular formula is C13H11NO4. The Balaban J connectivity index is 2.00. The lowest BCUT2D eigenvalue weighted by atomic mass is 10.1. The molecule has 0 aliphatic carbocycles. The molecule has 3 rings (SSSR count). The largest absolute Gasteiger partial charge is 0.481 e. The van der Waals surface area contributed by atoms with Gasteiger partial charge in [-0.25, -0.2) is 0 Å². The maximum atomic E-state index is 12.1. The Labute approximate surface area is 103 Å². The number of rotatable bonds is 3. The van der Waals surface area contributed by atoms with Gasteiger partial charge in [-0.05, 0) is 30.7 Å². The number of carbonyl (C=O) groups is 2. The lowest BCUT2D eigenvalue weighted by Gasteiger charge is -2.03. The second-order valence-electron chi connectivity index (χ2n) is 4.28. The van der Waals surface area contributed by atoms with E-state index in [0.717, 1.165) is 0 Å². The van der Waals surface area contributed by atoms with Crippen LogP contribution in [0, 0.1) is 0 Å². The molecular weight excluding hydrogens is 234 g/mol. The number of carboxylic acid groups (broad SMARTS) is 1. The third kappa shape index (κ3) is 1.48. The van der Waals surface area contributed by atoms with Crippen molar-refractivity contribution in [2.45, 2.75) is 18.9 Å². The average Bonchev–Trinajstić information content (AvgIpc) is 3.04.